The number of ether oxygens (including phenoxy) is 1. The number of rotatable bonds is 5. The Morgan fingerprint density at radius 3 is 2.55 bits per heavy atom. The van der Waals surface area contributed by atoms with Crippen LogP contribution in [0.15, 0.2) is 34.5 Å². The van der Waals surface area contributed by atoms with Crippen LogP contribution in [0, 0.1) is 6.92 Å². The molecule has 0 radical (unpaired) electrons. The van der Waals surface area contributed by atoms with E-state index in [1.165, 1.54) is 11.2 Å². The van der Waals surface area contributed by atoms with Gasteiger partial charge in [-0.3, -0.25) is 4.79 Å². The van der Waals surface area contributed by atoms with Crippen molar-refractivity contribution in [2.45, 2.75) is 43.0 Å². The highest BCUT2D eigenvalue weighted by Crippen LogP contribution is 2.34. The Kier molecular flexibility index (Phi) is 6.00. The van der Waals surface area contributed by atoms with Crippen LogP contribution in [0.25, 0.3) is 0 Å². The number of sulfonamides is 1. The molecule has 0 aliphatic carbocycles. The minimum absolute atomic E-state index is 0.0647. The smallest absolute Gasteiger partial charge is 0.410 e. The quantitative estimate of drug-likeness (QED) is 0.729. The SMILES string of the molecule is CC(=O)Nc1nc(C)c(S(=O)(=O)N2CCC(N3CC(c4ccccc4)OC3=O)CC2)s1. The highest BCUT2D eigenvalue weighted by Gasteiger charge is 2.40. The summed E-state index contributed by atoms with van der Waals surface area (Å²) in [7, 11) is -3.72. The van der Waals surface area contributed by atoms with Crippen molar-refractivity contribution in [1.82, 2.24) is 14.2 Å². The lowest BCUT2D eigenvalue weighted by Gasteiger charge is -2.34. The van der Waals surface area contributed by atoms with E-state index in [1.807, 2.05) is 30.3 Å². The van der Waals surface area contributed by atoms with Gasteiger partial charge >= 0.3 is 6.09 Å². The number of benzene rings is 1. The predicted octanol–water partition coefficient (Wildman–Crippen LogP) is 2.76. The van der Waals surface area contributed by atoms with E-state index >= 15 is 0 Å². The predicted molar refractivity (Wildman–Crippen MR) is 115 cm³/mol. The first-order valence-electron chi connectivity index (χ1n) is 10.0. The molecule has 1 aromatic carbocycles. The van der Waals surface area contributed by atoms with Crippen LogP contribution in [0.1, 0.15) is 37.1 Å². The van der Waals surface area contributed by atoms with E-state index in [0.29, 0.717) is 38.2 Å². The van der Waals surface area contributed by atoms with Crippen molar-refractivity contribution in [3.63, 3.8) is 0 Å². The zero-order chi connectivity index (χ0) is 22.2. The molecular formula is C20H24N4O5S2. The Labute approximate surface area is 185 Å². The molecule has 2 fully saturated rings. The number of carbonyl (C=O) groups excluding carboxylic acids is 2. The molecule has 1 unspecified atom stereocenters. The second-order valence-corrected chi connectivity index (χ2v) is 10.8. The zero-order valence-electron chi connectivity index (χ0n) is 17.3. The summed E-state index contributed by atoms with van der Waals surface area (Å²) in [6.07, 6.45) is 0.411. The largest absolute Gasteiger partial charge is 0.439 e. The third-order valence-electron chi connectivity index (χ3n) is 5.49. The van der Waals surface area contributed by atoms with E-state index in [2.05, 4.69) is 10.3 Å². The van der Waals surface area contributed by atoms with Gasteiger partial charge in [-0.05, 0) is 25.3 Å². The van der Waals surface area contributed by atoms with Crippen molar-refractivity contribution < 1.29 is 22.7 Å². The number of hydrogen-bond donors (Lipinski definition) is 1. The number of aromatic nitrogens is 1. The Morgan fingerprint density at radius 2 is 1.90 bits per heavy atom. The lowest BCUT2D eigenvalue weighted by atomic mass is 10.0. The Balaban J connectivity index is 1.41. The highest BCUT2D eigenvalue weighted by molar-refractivity contribution is 7.91. The summed E-state index contributed by atoms with van der Waals surface area (Å²) in [5.74, 6) is -0.301. The molecule has 4 rings (SSSR count). The molecule has 2 aromatic rings. The minimum Gasteiger partial charge on any atom is -0.439 e. The fourth-order valence-electron chi connectivity index (χ4n) is 3.96. The lowest BCUT2D eigenvalue weighted by molar-refractivity contribution is -0.114. The lowest BCUT2D eigenvalue weighted by Crippen LogP contribution is -2.47. The van der Waals surface area contributed by atoms with E-state index < -0.39 is 10.0 Å². The third-order valence-corrected chi connectivity index (χ3v) is 9.05. The average molecular weight is 465 g/mol. The molecule has 2 aliphatic heterocycles. The van der Waals surface area contributed by atoms with Crippen molar-refractivity contribution in [1.29, 1.82) is 0 Å². The summed E-state index contributed by atoms with van der Waals surface area (Å²) < 4.78 is 33.3. The van der Waals surface area contributed by atoms with Crippen LogP contribution in [-0.4, -0.2) is 60.3 Å². The summed E-state index contributed by atoms with van der Waals surface area (Å²) in [5, 5.41) is 2.80. The van der Waals surface area contributed by atoms with Crippen LogP contribution in [0.3, 0.4) is 0 Å². The number of nitrogens with one attached hydrogen (secondary N) is 1. The maximum atomic E-state index is 13.1. The van der Waals surface area contributed by atoms with Crippen molar-refractivity contribution in [2.24, 2.45) is 0 Å². The summed E-state index contributed by atoms with van der Waals surface area (Å²) in [5.41, 5.74) is 1.32. The zero-order valence-corrected chi connectivity index (χ0v) is 18.9. The van der Waals surface area contributed by atoms with Gasteiger partial charge in [-0.15, -0.1) is 0 Å². The molecule has 0 saturated carbocycles. The van der Waals surface area contributed by atoms with E-state index in [-0.39, 0.29) is 33.5 Å². The van der Waals surface area contributed by atoms with Crippen molar-refractivity contribution in [2.75, 3.05) is 25.0 Å². The molecule has 0 spiro atoms. The summed E-state index contributed by atoms with van der Waals surface area (Å²) in [6.45, 7) is 4.04. The molecule has 9 nitrogen and oxygen atoms in total. The average Bonchev–Trinajstić information content (AvgIpc) is 3.31. The monoisotopic (exact) mass is 464 g/mol. The van der Waals surface area contributed by atoms with Crippen LogP contribution < -0.4 is 5.32 Å². The highest BCUT2D eigenvalue weighted by atomic mass is 32.2. The first-order valence-corrected chi connectivity index (χ1v) is 12.3. The number of piperidine rings is 1. The van der Waals surface area contributed by atoms with Crippen molar-refractivity contribution in [3.05, 3.63) is 41.6 Å². The summed E-state index contributed by atoms with van der Waals surface area (Å²) in [4.78, 5) is 29.5. The van der Waals surface area contributed by atoms with Crippen LogP contribution >= 0.6 is 11.3 Å². The molecule has 0 bridgehead atoms. The van der Waals surface area contributed by atoms with E-state index in [0.717, 1.165) is 16.9 Å². The Hall–Kier alpha value is -2.50. The van der Waals surface area contributed by atoms with E-state index in [9.17, 15) is 18.0 Å². The number of anilines is 1. The number of aryl methyl sites for hydroxylation is 1. The number of nitrogens with zero attached hydrogens (tertiary/aromatic N) is 3. The van der Waals surface area contributed by atoms with Gasteiger partial charge in [0.2, 0.25) is 5.91 Å². The fourth-order valence-corrected chi connectivity index (χ4v) is 7.02. The molecule has 166 valence electrons. The molecule has 2 saturated heterocycles. The van der Waals surface area contributed by atoms with Gasteiger partial charge in [0.05, 0.1) is 12.2 Å². The number of amides is 2. The molecule has 1 atom stereocenters. The molecule has 1 N–H and O–H groups in total. The van der Waals surface area contributed by atoms with Crippen molar-refractivity contribution in [3.8, 4) is 0 Å². The van der Waals surface area contributed by atoms with Gasteiger partial charge in [0.1, 0.15) is 6.10 Å². The van der Waals surface area contributed by atoms with Crippen LogP contribution in [0.2, 0.25) is 0 Å². The fraction of sp³-hybridized carbons (Fsp3) is 0.450. The standard InChI is InChI=1S/C20H24N4O5S2/c1-13-18(30-19(21-13)22-14(2)25)31(27,28)23-10-8-16(9-11-23)24-12-17(29-20(24)26)15-6-4-3-5-7-15/h3-7,16-17H,8-12H2,1-2H3,(H,21,22,25). The van der Waals surface area contributed by atoms with Gasteiger partial charge < -0.3 is 15.0 Å². The minimum atomic E-state index is -3.72. The van der Waals surface area contributed by atoms with Crippen LogP contribution in [-0.2, 0) is 19.6 Å². The van der Waals surface area contributed by atoms with Gasteiger partial charge in [-0.2, -0.15) is 4.31 Å². The summed E-state index contributed by atoms with van der Waals surface area (Å²) >= 11 is 0.956. The third kappa shape index (κ3) is 4.43. The normalized spacial score (nSPS) is 20.6. The maximum absolute atomic E-state index is 13.1. The van der Waals surface area contributed by atoms with Crippen molar-refractivity contribution >= 4 is 38.5 Å². The number of carbonyl (C=O) groups is 2. The second kappa shape index (κ2) is 8.56. The molecule has 2 aliphatic rings. The molecule has 2 amide bonds. The van der Waals surface area contributed by atoms with Gasteiger partial charge in [0.15, 0.2) is 9.34 Å². The summed E-state index contributed by atoms with van der Waals surface area (Å²) in [6, 6.07) is 9.54. The Morgan fingerprint density at radius 1 is 1.23 bits per heavy atom. The molecule has 31 heavy (non-hydrogen) atoms. The van der Waals surface area contributed by atoms with Crippen LogP contribution in [0.5, 0.6) is 0 Å². The van der Waals surface area contributed by atoms with E-state index in [1.54, 1.807) is 11.8 Å². The molecule has 1 aromatic heterocycles. The molecular weight excluding hydrogens is 440 g/mol. The van der Waals surface area contributed by atoms with Gasteiger partial charge in [0, 0.05) is 26.1 Å². The maximum Gasteiger partial charge on any atom is 0.410 e. The number of hydrogen-bond acceptors (Lipinski definition) is 7. The van der Waals surface area contributed by atoms with Gasteiger partial charge in [-0.1, -0.05) is 41.7 Å². The first-order chi connectivity index (χ1) is 14.8. The topological polar surface area (TPSA) is 109 Å². The number of thiazole rings is 1. The Bertz CT molecular complexity index is 1080. The van der Waals surface area contributed by atoms with E-state index in [4.69, 9.17) is 4.74 Å². The van der Waals surface area contributed by atoms with Gasteiger partial charge in [-0.25, -0.2) is 18.2 Å². The molecule has 11 heteroatoms. The van der Waals surface area contributed by atoms with Gasteiger partial charge in [0.25, 0.3) is 10.0 Å². The van der Waals surface area contributed by atoms with Crippen LogP contribution in [0.4, 0.5) is 9.93 Å². The second-order valence-electron chi connectivity index (χ2n) is 7.64. The molecule has 3 heterocycles. The first kappa shape index (κ1) is 21.7. The number of cyclic esters (lactones) is 1.